The summed E-state index contributed by atoms with van der Waals surface area (Å²) >= 11 is 0. The maximum atomic E-state index is 14.8. The average molecular weight is 673 g/mol. The van der Waals surface area contributed by atoms with E-state index in [-0.39, 0.29) is 5.91 Å². The van der Waals surface area contributed by atoms with Crippen molar-refractivity contribution in [3.63, 3.8) is 0 Å². The highest BCUT2D eigenvalue weighted by Gasteiger charge is 2.46. The molecule has 4 aromatic rings. The first-order valence-electron chi connectivity index (χ1n) is 17.3. The quantitative estimate of drug-likeness (QED) is 0.196. The first kappa shape index (κ1) is 33.4. The first-order chi connectivity index (χ1) is 23.7. The fourth-order valence-corrected chi connectivity index (χ4v) is 7.72. The lowest BCUT2D eigenvalue weighted by Gasteiger charge is -2.40. The second kappa shape index (κ2) is 13.6. The van der Waals surface area contributed by atoms with Crippen LogP contribution < -0.4 is 14.8 Å². The van der Waals surface area contributed by atoms with Crippen molar-refractivity contribution in [2.24, 2.45) is 0 Å². The fraction of sp³-hybridized carbons (Fsp3) is 0.436. The van der Waals surface area contributed by atoms with Gasteiger partial charge >= 0.3 is 6.18 Å². The predicted octanol–water partition coefficient (Wildman–Crippen LogP) is 7.81. The number of hydrogen-bond donors (Lipinski definition) is 1. The molecular weight excluding hydrogens is 629 g/mol. The number of carbonyl (C=O) groups is 1. The number of halogens is 3. The molecule has 1 amide bonds. The van der Waals surface area contributed by atoms with Gasteiger partial charge in [-0.25, -0.2) is 4.98 Å². The number of rotatable bonds is 9. The van der Waals surface area contributed by atoms with E-state index in [4.69, 9.17) is 14.5 Å². The number of ether oxygens (including phenoxy) is 2. The van der Waals surface area contributed by atoms with Gasteiger partial charge in [-0.05, 0) is 88.5 Å². The highest BCUT2D eigenvalue weighted by atomic mass is 19.4. The third kappa shape index (κ3) is 6.85. The Balaban J connectivity index is 1.36. The van der Waals surface area contributed by atoms with E-state index in [2.05, 4.69) is 15.1 Å². The first-order valence-corrected chi connectivity index (χ1v) is 17.3. The Morgan fingerprint density at radius 1 is 0.898 bits per heavy atom. The van der Waals surface area contributed by atoms with Gasteiger partial charge in [-0.3, -0.25) is 9.69 Å². The maximum Gasteiger partial charge on any atom is 0.416 e. The largest absolute Gasteiger partial charge is 0.493 e. The van der Waals surface area contributed by atoms with Crippen LogP contribution in [0.15, 0.2) is 66.7 Å². The SMILES string of the molecule is COc1cc2nc(-c3cccc(C(F)(F)F)c3)c(CN3CCC(N4CCCCC4)CC3)c(C(=O)NC3(c4ccccc4)CC3)c2cc1OC. The predicted molar refractivity (Wildman–Crippen MR) is 184 cm³/mol. The van der Waals surface area contributed by atoms with Crippen LogP contribution in [0, 0.1) is 0 Å². The third-order valence-corrected chi connectivity index (χ3v) is 10.6. The molecule has 1 aliphatic carbocycles. The van der Waals surface area contributed by atoms with Crippen molar-refractivity contribution in [2.75, 3.05) is 40.4 Å². The second-order valence-electron chi connectivity index (χ2n) is 13.6. The van der Waals surface area contributed by atoms with Crippen LogP contribution in [0.2, 0.25) is 0 Å². The lowest BCUT2D eigenvalue weighted by molar-refractivity contribution is -0.137. The van der Waals surface area contributed by atoms with Crippen LogP contribution in [0.4, 0.5) is 13.2 Å². The van der Waals surface area contributed by atoms with Gasteiger partial charge in [0.25, 0.3) is 5.91 Å². The zero-order valence-corrected chi connectivity index (χ0v) is 28.1. The number of carbonyl (C=O) groups excluding carboxylic acids is 1. The molecule has 0 spiro atoms. The summed E-state index contributed by atoms with van der Waals surface area (Å²) in [6.45, 7) is 4.29. The second-order valence-corrected chi connectivity index (χ2v) is 13.6. The number of amides is 1. The van der Waals surface area contributed by atoms with E-state index in [1.54, 1.807) is 18.2 Å². The van der Waals surface area contributed by atoms with Gasteiger partial charge < -0.3 is 19.7 Å². The maximum absolute atomic E-state index is 14.8. The number of benzene rings is 3. The summed E-state index contributed by atoms with van der Waals surface area (Å²) in [5.74, 6) is 0.571. The topological polar surface area (TPSA) is 66.9 Å². The fourth-order valence-electron chi connectivity index (χ4n) is 7.72. The standard InChI is InChI=1S/C39H43F3N4O3/c1-48-33-23-30-32(24-34(33)49-2)43-36(26-10-9-13-28(22-26)39(40,41)42)31(25-45-20-14-29(15-21-45)46-18-7-4-8-19-46)35(30)37(47)44-38(16-17-38)27-11-5-3-6-12-27/h3,5-6,9-13,22-24,29H,4,7-8,14-21,25H2,1-2H3,(H,44,47). The summed E-state index contributed by atoms with van der Waals surface area (Å²) in [6.07, 6.45) is 2.82. The summed E-state index contributed by atoms with van der Waals surface area (Å²) in [4.78, 5) is 24.7. The molecule has 1 N–H and O–H groups in total. The molecule has 2 saturated heterocycles. The molecule has 0 radical (unpaired) electrons. The smallest absolute Gasteiger partial charge is 0.416 e. The van der Waals surface area contributed by atoms with E-state index in [0.717, 1.165) is 69.6 Å². The van der Waals surface area contributed by atoms with Gasteiger partial charge in [0.1, 0.15) is 0 Å². The summed E-state index contributed by atoms with van der Waals surface area (Å²) in [5.41, 5.74) is 1.87. The van der Waals surface area contributed by atoms with E-state index in [0.29, 0.717) is 57.4 Å². The third-order valence-electron chi connectivity index (χ3n) is 10.6. The summed E-state index contributed by atoms with van der Waals surface area (Å²) in [7, 11) is 3.06. The molecule has 0 bridgehead atoms. The molecule has 0 atom stereocenters. The molecule has 1 aromatic heterocycles. The summed E-state index contributed by atoms with van der Waals surface area (Å²) < 4.78 is 53.3. The van der Waals surface area contributed by atoms with Crippen molar-refractivity contribution < 1.29 is 27.4 Å². The Bertz CT molecular complexity index is 1810. The van der Waals surface area contributed by atoms with Gasteiger partial charge in [0, 0.05) is 35.2 Å². The molecular formula is C39H43F3N4O3. The number of alkyl halides is 3. The molecule has 258 valence electrons. The Kier molecular flexibility index (Phi) is 9.28. The van der Waals surface area contributed by atoms with Crippen LogP contribution in [-0.2, 0) is 18.3 Å². The van der Waals surface area contributed by atoms with Gasteiger partial charge in [-0.2, -0.15) is 13.2 Å². The van der Waals surface area contributed by atoms with E-state index in [1.165, 1.54) is 39.5 Å². The number of likely N-dealkylation sites (tertiary alicyclic amines) is 2. The van der Waals surface area contributed by atoms with E-state index in [9.17, 15) is 18.0 Å². The lowest BCUT2D eigenvalue weighted by Crippen LogP contribution is -2.46. The van der Waals surface area contributed by atoms with Crippen LogP contribution in [0.1, 0.15) is 72.0 Å². The Morgan fingerprint density at radius 2 is 1.59 bits per heavy atom. The number of aromatic nitrogens is 1. The van der Waals surface area contributed by atoms with Gasteiger partial charge in [-0.15, -0.1) is 0 Å². The van der Waals surface area contributed by atoms with E-state index in [1.807, 2.05) is 30.3 Å². The summed E-state index contributed by atoms with van der Waals surface area (Å²) in [6, 6.07) is 19.1. The Labute approximate surface area is 285 Å². The zero-order chi connectivity index (χ0) is 34.2. The highest BCUT2D eigenvalue weighted by Crippen LogP contribution is 2.46. The molecule has 3 aromatic carbocycles. The van der Waals surface area contributed by atoms with Gasteiger partial charge in [0.05, 0.1) is 42.1 Å². The zero-order valence-electron chi connectivity index (χ0n) is 28.1. The van der Waals surface area contributed by atoms with Crippen LogP contribution in [-0.4, -0.2) is 67.1 Å². The molecule has 3 heterocycles. The number of hydrogen-bond acceptors (Lipinski definition) is 6. The molecule has 3 aliphatic rings. The number of piperidine rings is 2. The highest BCUT2D eigenvalue weighted by molar-refractivity contribution is 6.10. The summed E-state index contributed by atoms with van der Waals surface area (Å²) in [5, 5.41) is 3.92. The van der Waals surface area contributed by atoms with Gasteiger partial charge in [-0.1, -0.05) is 48.9 Å². The minimum absolute atomic E-state index is 0.285. The monoisotopic (exact) mass is 672 g/mol. The van der Waals surface area contributed by atoms with E-state index >= 15 is 0 Å². The van der Waals surface area contributed by atoms with Crippen molar-refractivity contribution in [1.29, 1.82) is 0 Å². The molecule has 49 heavy (non-hydrogen) atoms. The number of nitrogens with zero attached hydrogens (tertiary/aromatic N) is 3. The van der Waals surface area contributed by atoms with Gasteiger partial charge in [0.2, 0.25) is 0 Å². The van der Waals surface area contributed by atoms with Gasteiger partial charge in [0.15, 0.2) is 11.5 Å². The minimum Gasteiger partial charge on any atom is -0.493 e. The van der Waals surface area contributed by atoms with Crippen LogP contribution in [0.25, 0.3) is 22.2 Å². The Morgan fingerprint density at radius 3 is 2.24 bits per heavy atom. The molecule has 0 unspecified atom stereocenters. The molecule has 3 fully saturated rings. The number of nitrogens with one attached hydrogen (secondary N) is 1. The average Bonchev–Trinajstić information content (AvgIpc) is 3.91. The molecule has 7 nitrogen and oxygen atoms in total. The molecule has 2 aliphatic heterocycles. The van der Waals surface area contributed by atoms with E-state index < -0.39 is 17.3 Å². The van der Waals surface area contributed by atoms with Crippen molar-refractivity contribution in [3.8, 4) is 22.8 Å². The Hall–Kier alpha value is -4.15. The number of pyridine rings is 1. The molecule has 7 rings (SSSR count). The van der Waals surface area contributed by atoms with Crippen molar-refractivity contribution >= 4 is 16.8 Å². The number of fused-ring (bicyclic) bond motifs is 1. The molecule has 1 saturated carbocycles. The van der Waals surface area contributed by atoms with Crippen molar-refractivity contribution in [2.45, 2.75) is 69.2 Å². The minimum atomic E-state index is -4.53. The normalized spacial score (nSPS) is 18.7. The van der Waals surface area contributed by atoms with Crippen LogP contribution >= 0.6 is 0 Å². The van der Waals surface area contributed by atoms with Crippen molar-refractivity contribution in [3.05, 3.63) is 89.0 Å². The lowest BCUT2D eigenvalue weighted by atomic mass is 9.93. The molecule has 10 heteroatoms. The van der Waals surface area contributed by atoms with Crippen LogP contribution in [0.3, 0.4) is 0 Å². The van der Waals surface area contributed by atoms with Crippen LogP contribution in [0.5, 0.6) is 11.5 Å². The number of methoxy groups -OCH3 is 2. The van der Waals surface area contributed by atoms with Crippen molar-refractivity contribution in [1.82, 2.24) is 20.1 Å².